The Hall–Kier alpha value is -3.22. The molecule has 0 spiro atoms. The van der Waals surface area contributed by atoms with Gasteiger partial charge in [0, 0.05) is 16.8 Å². The first-order valence-electron chi connectivity index (χ1n) is 9.62. The van der Waals surface area contributed by atoms with Crippen molar-refractivity contribution in [1.82, 2.24) is 0 Å². The zero-order valence-corrected chi connectivity index (χ0v) is 16.9. The summed E-state index contributed by atoms with van der Waals surface area (Å²) in [6, 6.07) is 39.3. The molecule has 0 amide bonds. The molecule has 1 unspecified atom stereocenters. The predicted octanol–water partition coefficient (Wildman–Crippen LogP) is 5.82. The van der Waals surface area contributed by atoms with Crippen LogP contribution in [0.25, 0.3) is 0 Å². The van der Waals surface area contributed by atoms with Crippen LogP contribution in [0.5, 0.6) is 0 Å². The molecule has 0 bridgehead atoms. The Morgan fingerprint density at radius 3 is 1.48 bits per heavy atom. The molecule has 0 heterocycles. The van der Waals surface area contributed by atoms with E-state index in [1.54, 1.807) is 0 Å². The lowest BCUT2D eigenvalue weighted by Gasteiger charge is -2.26. The fraction of sp³-hybridized carbons (Fsp3) is 0.0385. The molecule has 4 rings (SSSR count). The minimum atomic E-state index is -3.09. The fourth-order valence-corrected chi connectivity index (χ4v) is 6.38. The van der Waals surface area contributed by atoms with E-state index in [-0.39, 0.29) is 0 Å². The summed E-state index contributed by atoms with van der Waals surface area (Å²) in [6.07, 6.45) is 1.83. The lowest BCUT2D eigenvalue weighted by Crippen LogP contribution is -2.20. The Kier molecular flexibility index (Phi) is 5.84. The van der Waals surface area contributed by atoms with Crippen LogP contribution < -0.4 is 10.6 Å². The van der Waals surface area contributed by atoms with E-state index in [4.69, 9.17) is 4.99 Å². The van der Waals surface area contributed by atoms with Gasteiger partial charge in [0.15, 0.2) is 7.14 Å². The Labute approximate surface area is 172 Å². The average molecular weight is 395 g/mol. The van der Waals surface area contributed by atoms with Crippen LogP contribution in [0.15, 0.2) is 126 Å². The van der Waals surface area contributed by atoms with E-state index < -0.39 is 12.9 Å². The zero-order chi connectivity index (χ0) is 19.9. The largest absolute Gasteiger partial charge is 0.311 e. The predicted molar refractivity (Wildman–Crippen MR) is 123 cm³/mol. The third-order valence-electron chi connectivity index (χ3n) is 4.89. The van der Waals surface area contributed by atoms with Gasteiger partial charge in [-0.05, 0) is 11.1 Å². The summed E-state index contributed by atoms with van der Waals surface area (Å²) >= 11 is 0. The first-order chi connectivity index (χ1) is 14.3. The molecule has 0 N–H and O–H groups in total. The maximum atomic E-state index is 14.8. The third-order valence-corrected chi connectivity index (χ3v) is 8.14. The Morgan fingerprint density at radius 1 is 0.586 bits per heavy atom. The molecule has 0 fully saturated rings. The van der Waals surface area contributed by atoms with E-state index >= 15 is 0 Å². The van der Waals surface area contributed by atoms with Crippen LogP contribution in [0.2, 0.25) is 0 Å². The molecule has 29 heavy (non-hydrogen) atoms. The van der Waals surface area contributed by atoms with Crippen LogP contribution in [0.1, 0.15) is 16.9 Å². The van der Waals surface area contributed by atoms with Crippen LogP contribution in [0.3, 0.4) is 0 Å². The van der Waals surface area contributed by atoms with Crippen molar-refractivity contribution in [1.29, 1.82) is 0 Å². The molecule has 142 valence electrons. The van der Waals surface area contributed by atoms with E-state index in [1.807, 2.05) is 128 Å². The van der Waals surface area contributed by atoms with Crippen LogP contribution in [-0.4, -0.2) is 6.21 Å². The van der Waals surface area contributed by atoms with Gasteiger partial charge in [-0.2, -0.15) is 0 Å². The molecule has 0 saturated carbocycles. The van der Waals surface area contributed by atoms with Crippen molar-refractivity contribution in [3.8, 4) is 0 Å². The van der Waals surface area contributed by atoms with Gasteiger partial charge in [-0.1, -0.05) is 121 Å². The second kappa shape index (κ2) is 8.86. The van der Waals surface area contributed by atoms with E-state index in [1.165, 1.54) is 0 Å². The minimum absolute atomic E-state index is 0.506. The van der Waals surface area contributed by atoms with Crippen LogP contribution in [-0.2, 0) is 4.57 Å². The van der Waals surface area contributed by atoms with Crippen molar-refractivity contribution in [2.24, 2.45) is 4.99 Å². The number of hydrogen-bond donors (Lipinski definition) is 0. The normalized spacial score (nSPS) is 12.7. The highest BCUT2D eigenvalue weighted by atomic mass is 31.2. The van der Waals surface area contributed by atoms with Crippen molar-refractivity contribution in [3.05, 3.63) is 132 Å². The minimum Gasteiger partial charge on any atom is -0.311 e. The van der Waals surface area contributed by atoms with Crippen molar-refractivity contribution in [2.45, 2.75) is 5.78 Å². The van der Waals surface area contributed by atoms with Gasteiger partial charge < -0.3 is 4.57 Å². The summed E-state index contributed by atoms with van der Waals surface area (Å²) in [5.41, 5.74) is 1.93. The van der Waals surface area contributed by atoms with E-state index in [2.05, 4.69) is 0 Å². The summed E-state index contributed by atoms with van der Waals surface area (Å²) in [7, 11) is -3.09. The van der Waals surface area contributed by atoms with Crippen molar-refractivity contribution >= 4 is 24.0 Å². The first kappa shape index (κ1) is 19.1. The fourth-order valence-electron chi connectivity index (χ4n) is 3.44. The average Bonchev–Trinajstić information content (AvgIpc) is 2.81. The number of rotatable bonds is 6. The molecule has 4 aromatic carbocycles. The van der Waals surface area contributed by atoms with Gasteiger partial charge in [0.25, 0.3) is 0 Å². The summed E-state index contributed by atoms with van der Waals surface area (Å²) in [6.45, 7) is 0. The quantitative estimate of drug-likeness (QED) is 0.299. The van der Waals surface area contributed by atoms with Gasteiger partial charge in [0.05, 0.1) is 0 Å². The van der Waals surface area contributed by atoms with Crippen molar-refractivity contribution in [3.63, 3.8) is 0 Å². The molecule has 4 aromatic rings. The SMILES string of the molecule is O=P(c1ccccc1)(c1ccccc1)C(/N=C/c1ccccc1)c1ccccc1. The van der Waals surface area contributed by atoms with Gasteiger partial charge in [0.1, 0.15) is 5.78 Å². The number of hydrogen-bond acceptors (Lipinski definition) is 2. The lowest BCUT2D eigenvalue weighted by molar-refractivity contribution is 0.579. The second-order valence-electron chi connectivity index (χ2n) is 6.80. The molecule has 0 aliphatic carbocycles. The van der Waals surface area contributed by atoms with Gasteiger partial charge in [0.2, 0.25) is 0 Å². The van der Waals surface area contributed by atoms with Gasteiger partial charge in [-0.15, -0.1) is 0 Å². The molecule has 3 heteroatoms. The molecule has 0 aliphatic heterocycles. The number of aliphatic imine (C=N–C) groups is 1. The molecule has 0 radical (unpaired) electrons. The van der Waals surface area contributed by atoms with Crippen LogP contribution in [0, 0.1) is 0 Å². The highest BCUT2D eigenvalue weighted by Gasteiger charge is 2.37. The van der Waals surface area contributed by atoms with Crippen molar-refractivity contribution in [2.75, 3.05) is 0 Å². The molecule has 0 aromatic heterocycles. The molecular formula is C26H22NOP. The molecule has 2 nitrogen and oxygen atoms in total. The van der Waals surface area contributed by atoms with Crippen LogP contribution >= 0.6 is 7.14 Å². The topological polar surface area (TPSA) is 29.4 Å². The summed E-state index contributed by atoms with van der Waals surface area (Å²) in [5, 5.41) is 1.62. The maximum absolute atomic E-state index is 14.8. The Morgan fingerprint density at radius 2 is 1.00 bits per heavy atom. The molecule has 1 atom stereocenters. The first-order valence-corrected chi connectivity index (χ1v) is 11.4. The van der Waals surface area contributed by atoms with E-state index in [0.29, 0.717) is 0 Å². The monoisotopic (exact) mass is 395 g/mol. The molecule has 0 saturated heterocycles. The highest BCUT2D eigenvalue weighted by molar-refractivity contribution is 7.79. The summed E-state index contributed by atoms with van der Waals surface area (Å²) in [5.74, 6) is -0.506. The van der Waals surface area contributed by atoms with Gasteiger partial charge >= 0.3 is 0 Å². The maximum Gasteiger partial charge on any atom is 0.170 e. The molecule has 0 aliphatic rings. The van der Waals surface area contributed by atoms with E-state index in [0.717, 1.165) is 21.7 Å². The van der Waals surface area contributed by atoms with Crippen LogP contribution in [0.4, 0.5) is 0 Å². The smallest absolute Gasteiger partial charge is 0.170 e. The summed E-state index contributed by atoms with van der Waals surface area (Å²) in [4.78, 5) is 4.90. The third kappa shape index (κ3) is 4.13. The van der Waals surface area contributed by atoms with Crippen molar-refractivity contribution < 1.29 is 4.57 Å². The number of benzene rings is 4. The Bertz CT molecular complexity index is 1070. The molecular weight excluding hydrogens is 373 g/mol. The highest BCUT2D eigenvalue weighted by Crippen LogP contribution is 2.57. The standard InChI is InChI=1S/C26H22NOP/c28-29(24-17-9-3-10-18-24,25-19-11-4-12-20-25)26(23-15-7-2-8-16-23)27-21-22-13-5-1-6-14-22/h1-21,26H/b27-21+. The summed E-state index contributed by atoms with van der Waals surface area (Å²) < 4.78 is 14.8. The second-order valence-corrected chi connectivity index (χ2v) is 9.64. The van der Waals surface area contributed by atoms with Gasteiger partial charge in [-0.25, -0.2) is 0 Å². The lowest BCUT2D eigenvalue weighted by atomic mass is 10.2. The zero-order valence-electron chi connectivity index (χ0n) is 16.0. The number of nitrogens with zero attached hydrogens (tertiary/aromatic N) is 1. The van der Waals surface area contributed by atoms with Gasteiger partial charge in [-0.3, -0.25) is 4.99 Å². The van der Waals surface area contributed by atoms with E-state index in [9.17, 15) is 4.57 Å². The Balaban J connectivity index is 1.92.